The molecule has 0 bridgehead atoms. The molecule has 0 aliphatic rings. The van der Waals surface area contributed by atoms with Crippen LogP contribution in [-0.4, -0.2) is 29.1 Å². The van der Waals surface area contributed by atoms with Gasteiger partial charge < -0.3 is 14.7 Å². The molecular formula is C21H24ClN4O2+. The van der Waals surface area contributed by atoms with E-state index in [1.165, 1.54) is 0 Å². The van der Waals surface area contributed by atoms with Gasteiger partial charge in [-0.1, -0.05) is 41.9 Å². The predicted molar refractivity (Wildman–Crippen MR) is 109 cm³/mol. The highest BCUT2D eigenvalue weighted by Crippen LogP contribution is 2.18. The van der Waals surface area contributed by atoms with Crippen molar-refractivity contribution in [2.24, 2.45) is 0 Å². The molecule has 2 aromatic carbocycles. The van der Waals surface area contributed by atoms with Crippen LogP contribution in [0.3, 0.4) is 0 Å². The van der Waals surface area contributed by atoms with E-state index in [0.717, 1.165) is 34.7 Å². The molecule has 0 aliphatic carbocycles. The average molecular weight is 400 g/mol. The second-order valence-corrected chi connectivity index (χ2v) is 7.17. The van der Waals surface area contributed by atoms with Gasteiger partial charge in [0, 0.05) is 16.3 Å². The van der Waals surface area contributed by atoms with Gasteiger partial charge in [0.1, 0.15) is 0 Å². The van der Waals surface area contributed by atoms with Crippen LogP contribution in [0.15, 0.2) is 53.1 Å². The summed E-state index contributed by atoms with van der Waals surface area (Å²) in [6, 6.07) is 15.0. The first kappa shape index (κ1) is 20.0. The van der Waals surface area contributed by atoms with Crippen molar-refractivity contribution in [3.8, 4) is 11.4 Å². The number of aromatic nitrogens is 2. The molecule has 2 N–H and O–H groups in total. The molecule has 0 saturated carbocycles. The third kappa shape index (κ3) is 5.41. The molecule has 0 spiro atoms. The maximum Gasteiger partial charge on any atom is 0.282 e. The van der Waals surface area contributed by atoms with E-state index in [1.807, 2.05) is 43.3 Å². The number of aryl methyl sites for hydroxylation is 1. The highest BCUT2D eigenvalue weighted by molar-refractivity contribution is 6.30. The molecule has 0 fully saturated rings. The van der Waals surface area contributed by atoms with E-state index >= 15 is 0 Å². The Hall–Kier alpha value is -2.70. The Bertz CT molecular complexity index is 924. The minimum Gasteiger partial charge on any atom is -0.333 e. The van der Waals surface area contributed by atoms with Crippen LogP contribution in [0.4, 0.5) is 5.69 Å². The van der Waals surface area contributed by atoms with E-state index in [9.17, 15) is 4.79 Å². The number of nitrogens with zero attached hydrogens (tertiary/aromatic N) is 2. The summed E-state index contributed by atoms with van der Waals surface area (Å²) in [7, 11) is 0. The number of carbonyl (C=O) groups is 1. The fourth-order valence-electron chi connectivity index (χ4n) is 2.98. The van der Waals surface area contributed by atoms with Crippen molar-refractivity contribution in [3.05, 3.63) is 65.0 Å². The number of nitrogens with one attached hydrogen (secondary N) is 2. The van der Waals surface area contributed by atoms with E-state index in [-0.39, 0.29) is 5.91 Å². The van der Waals surface area contributed by atoms with Gasteiger partial charge in [-0.2, -0.15) is 4.98 Å². The molecule has 1 heterocycles. The van der Waals surface area contributed by atoms with Crippen molar-refractivity contribution < 1.29 is 14.2 Å². The van der Waals surface area contributed by atoms with Gasteiger partial charge >= 0.3 is 0 Å². The molecular weight excluding hydrogens is 376 g/mol. The van der Waals surface area contributed by atoms with Crippen molar-refractivity contribution in [1.82, 2.24) is 10.1 Å². The van der Waals surface area contributed by atoms with E-state index in [0.29, 0.717) is 29.8 Å². The molecule has 0 saturated heterocycles. The summed E-state index contributed by atoms with van der Waals surface area (Å²) in [5.41, 5.74) is 2.72. The third-order valence-corrected chi connectivity index (χ3v) is 4.66. The Balaban J connectivity index is 1.63. The molecule has 6 nitrogen and oxygen atoms in total. The minimum absolute atomic E-state index is 0.0322. The Labute approximate surface area is 169 Å². The van der Waals surface area contributed by atoms with Crippen molar-refractivity contribution >= 4 is 23.2 Å². The topological polar surface area (TPSA) is 72.5 Å². The molecule has 0 radical (unpaired) electrons. The number of para-hydroxylation sites is 1. The zero-order chi connectivity index (χ0) is 19.9. The first-order valence-electron chi connectivity index (χ1n) is 9.32. The Morgan fingerprint density at radius 2 is 1.93 bits per heavy atom. The van der Waals surface area contributed by atoms with Crippen LogP contribution >= 0.6 is 11.6 Å². The van der Waals surface area contributed by atoms with Gasteiger partial charge in [-0.05, 0) is 49.2 Å². The standard InChI is InChI=1S/C21H23ClN4O2/c1-3-12-26(13-19(27)23-18-7-5-4-6-15(18)2)14-20-24-21(25-28-20)16-8-10-17(22)11-9-16/h4-11H,3,12-14H2,1-2H3,(H,23,27)/p+1. The van der Waals surface area contributed by atoms with Crippen molar-refractivity contribution in [3.63, 3.8) is 0 Å². The molecule has 1 atom stereocenters. The van der Waals surface area contributed by atoms with Crippen molar-refractivity contribution in [2.45, 2.75) is 26.8 Å². The second-order valence-electron chi connectivity index (χ2n) is 6.74. The van der Waals surface area contributed by atoms with Crippen LogP contribution in [0.25, 0.3) is 11.4 Å². The van der Waals surface area contributed by atoms with Crippen LogP contribution in [0.2, 0.25) is 5.02 Å². The first-order valence-corrected chi connectivity index (χ1v) is 9.70. The summed E-state index contributed by atoms with van der Waals surface area (Å²) in [6.07, 6.45) is 0.950. The number of hydrogen-bond donors (Lipinski definition) is 2. The van der Waals surface area contributed by atoms with E-state index < -0.39 is 0 Å². The summed E-state index contributed by atoms with van der Waals surface area (Å²) in [4.78, 5) is 18.0. The Morgan fingerprint density at radius 3 is 2.64 bits per heavy atom. The minimum atomic E-state index is -0.0322. The zero-order valence-corrected chi connectivity index (χ0v) is 16.8. The van der Waals surface area contributed by atoms with Crippen molar-refractivity contribution in [1.29, 1.82) is 0 Å². The van der Waals surface area contributed by atoms with E-state index in [4.69, 9.17) is 16.1 Å². The first-order chi connectivity index (χ1) is 13.5. The number of amides is 1. The van der Waals surface area contributed by atoms with Crippen LogP contribution in [0.1, 0.15) is 24.8 Å². The molecule has 146 valence electrons. The second kappa shape index (κ2) is 9.48. The maximum absolute atomic E-state index is 12.5. The highest BCUT2D eigenvalue weighted by atomic mass is 35.5. The third-order valence-electron chi connectivity index (χ3n) is 4.41. The van der Waals surface area contributed by atoms with Crippen LogP contribution in [-0.2, 0) is 11.3 Å². The summed E-state index contributed by atoms with van der Waals surface area (Å²) in [5.74, 6) is 0.999. The number of benzene rings is 2. The van der Waals surface area contributed by atoms with Crippen LogP contribution in [0, 0.1) is 6.92 Å². The van der Waals surface area contributed by atoms with Crippen LogP contribution < -0.4 is 10.2 Å². The molecule has 0 aliphatic heterocycles. The summed E-state index contributed by atoms with van der Waals surface area (Å²) < 4.78 is 5.40. The lowest BCUT2D eigenvalue weighted by molar-refractivity contribution is -0.907. The molecule has 28 heavy (non-hydrogen) atoms. The number of anilines is 1. The quantitative estimate of drug-likeness (QED) is 0.610. The molecule has 3 aromatic rings. The van der Waals surface area contributed by atoms with Gasteiger partial charge in [0.25, 0.3) is 11.8 Å². The van der Waals surface area contributed by atoms with Gasteiger partial charge in [-0.3, -0.25) is 4.79 Å². The molecule has 3 rings (SSSR count). The fraction of sp³-hybridized carbons (Fsp3) is 0.286. The number of carbonyl (C=O) groups excluding carboxylic acids is 1. The number of halogens is 1. The molecule has 1 aromatic heterocycles. The van der Waals surface area contributed by atoms with Gasteiger partial charge in [0.15, 0.2) is 13.1 Å². The number of rotatable bonds is 8. The largest absolute Gasteiger partial charge is 0.333 e. The lowest BCUT2D eigenvalue weighted by Crippen LogP contribution is -3.11. The Kier molecular flexibility index (Phi) is 6.79. The van der Waals surface area contributed by atoms with Gasteiger partial charge in [-0.15, -0.1) is 0 Å². The monoisotopic (exact) mass is 399 g/mol. The van der Waals surface area contributed by atoms with Gasteiger partial charge in [0.05, 0.1) is 6.54 Å². The Morgan fingerprint density at radius 1 is 1.18 bits per heavy atom. The average Bonchev–Trinajstić information content (AvgIpc) is 3.13. The molecule has 1 unspecified atom stereocenters. The molecule has 1 amide bonds. The number of quaternary nitrogens is 1. The highest BCUT2D eigenvalue weighted by Gasteiger charge is 2.19. The number of hydrogen-bond acceptors (Lipinski definition) is 4. The van der Waals surface area contributed by atoms with E-state index in [1.54, 1.807) is 12.1 Å². The van der Waals surface area contributed by atoms with Crippen LogP contribution in [0.5, 0.6) is 0 Å². The predicted octanol–water partition coefficient (Wildman–Crippen LogP) is 3.13. The summed E-state index contributed by atoms with van der Waals surface area (Å²) in [6.45, 7) is 5.73. The van der Waals surface area contributed by atoms with Gasteiger partial charge in [0.2, 0.25) is 5.82 Å². The zero-order valence-electron chi connectivity index (χ0n) is 16.0. The SMILES string of the molecule is CCC[NH+](CC(=O)Nc1ccccc1C)Cc1nc(-c2ccc(Cl)cc2)no1. The van der Waals surface area contributed by atoms with Crippen molar-refractivity contribution in [2.75, 3.05) is 18.4 Å². The molecule has 7 heteroatoms. The normalized spacial score (nSPS) is 12.0. The van der Waals surface area contributed by atoms with Gasteiger partial charge in [-0.25, -0.2) is 0 Å². The summed E-state index contributed by atoms with van der Waals surface area (Å²) in [5, 5.41) is 7.69. The van der Waals surface area contributed by atoms with E-state index in [2.05, 4.69) is 22.4 Å². The lowest BCUT2D eigenvalue weighted by atomic mass is 10.2. The summed E-state index contributed by atoms with van der Waals surface area (Å²) >= 11 is 5.92. The maximum atomic E-state index is 12.5. The fourth-order valence-corrected chi connectivity index (χ4v) is 3.11. The smallest absolute Gasteiger partial charge is 0.282 e. The lowest BCUT2D eigenvalue weighted by Gasteiger charge is -2.17.